The summed E-state index contributed by atoms with van der Waals surface area (Å²) >= 11 is 0. The first-order valence-corrected chi connectivity index (χ1v) is 18.7. The van der Waals surface area contributed by atoms with Crippen molar-refractivity contribution in [3.63, 3.8) is 0 Å². The number of rotatable bonds is 7. The number of aromatic hydroxyl groups is 1. The highest BCUT2D eigenvalue weighted by Gasteiger charge is 2.25. The molecule has 0 radical (unpaired) electrons. The number of fused-ring (bicyclic) bond motifs is 1. The Kier molecular flexibility index (Phi) is 9.50. The number of phenols is 1. The van der Waals surface area contributed by atoms with Crippen LogP contribution in [0.3, 0.4) is 0 Å². The van der Waals surface area contributed by atoms with Crippen molar-refractivity contribution < 1.29 is 5.11 Å². The standard InChI is InChI=1S/C49H48N4O/c1-31(2)21-32-22-35(24-36(23-32)43-18-12-13-20-51-43)42-27-34(33-25-37(48(3,4)5)29-38(26-33)49(6,7)8)28-44-46(42)52-47(41-17-10-11-19-45(41)54)53(44)40-16-14-15-39(30-40)50-9/h10-20,22-31,54H,21H2,1-8H3. The second kappa shape index (κ2) is 14.1. The Balaban J connectivity index is 1.64. The van der Waals surface area contributed by atoms with E-state index in [1.807, 2.05) is 60.8 Å². The maximum Gasteiger partial charge on any atom is 0.189 e. The summed E-state index contributed by atoms with van der Waals surface area (Å²) in [7, 11) is 0. The van der Waals surface area contributed by atoms with Gasteiger partial charge in [0.1, 0.15) is 11.6 Å². The molecular formula is C49H48N4O. The molecule has 7 aromatic rings. The Bertz CT molecular complexity index is 2510. The molecule has 270 valence electrons. The van der Waals surface area contributed by atoms with Crippen LogP contribution in [0.5, 0.6) is 5.75 Å². The molecule has 0 saturated heterocycles. The second-order valence-corrected chi connectivity index (χ2v) is 16.8. The van der Waals surface area contributed by atoms with Crippen LogP contribution in [-0.4, -0.2) is 19.6 Å². The number of aromatic nitrogens is 3. The van der Waals surface area contributed by atoms with Crippen LogP contribution in [-0.2, 0) is 17.3 Å². The Morgan fingerprint density at radius 1 is 0.685 bits per heavy atom. The van der Waals surface area contributed by atoms with E-state index in [0.717, 1.165) is 56.7 Å². The molecule has 0 spiro atoms. The molecule has 0 aliphatic heterocycles. The van der Waals surface area contributed by atoms with E-state index in [0.29, 0.717) is 23.0 Å². The van der Waals surface area contributed by atoms with E-state index >= 15 is 0 Å². The second-order valence-electron chi connectivity index (χ2n) is 16.8. The fourth-order valence-corrected chi connectivity index (χ4v) is 7.15. The molecule has 2 heterocycles. The van der Waals surface area contributed by atoms with Gasteiger partial charge in [-0.25, -0.2) is 9.83 Å². The molecule has 0 amide bonds. The number of nitrogens with zero attached hydrogens (tertiary/aromatic N) is 4. The fraction of sp³-hybridized carbons (Fsp3) is 0.245. The number of hydrogen-bond donors (Lipinski definition) is 1. The molecule has 0 atom stereocenters. The fourth-order valence-electron chi connectivity index (χ4n) is 7.15. The minimum Gasteiger partial charge on any atom is -0.507 e. The van der Waals surface area contributed by atoms with E-state index in [9.17, 15) is 5.11 Å². The lowest BCUT2D eigenvalue weighted by atomic mass is 9.78. The summed E-state index contributed by atoms with van der Waals surface area (Å²) in [5.41, 5.74) is 13.5. The molecular weight excluding hydrogens is 661 g/mol. The van der Waals surface area contributed by atoms with E-state index < -0.39 is 0 Å². The van der Waals surface area contributed by atoms with Crippen molar-refractivity contribution >= 4 is 16.7 Å². The maximum atomic E-state index is 11.3. The molecule has 0 bridgehead atoms. The average molecular weight is 709 g/mol. The quantitative estimate of drug-likeness (QED) is 0.168. The predicted molar refractivity (Wildman–Crippen MR) is 224 cm³/mol. The summed E-state index contributed by atoms with van der Waals surface area (Å²) in [4.78, 5) is 13.9. The Morgan fingerprint density at radius 2 is 1.37 bits per heavy atom. The zero-order chi connectivity index (χ0) is 38.4. The van der Waals surface area contributed by atoms with E-state index in [4.69, 9.17) is 16.5 Å². The van der Waals surface area contributed by atoms with E-state index in [1.54, 1.807) is 6.07 Å². The van der Waals surface area contributed by atoms with Gasteiger partial charge >= 0.3 is 0 Å². The van der Waals surface area contributed by atoms with Crippen molar-refractivity contribution in [2.75, 3.05) is 0 Å². The third kappa shape index (κ3) is 7.30. The number of pyridine rings is 1. The van der Waals surface area contributed by atoms with Crippen LogP contribution in [0, 0.1) is 12.5 Å². The topological polar surface area (TPSA) is 55.3 Å². The van der Waals surface area contributed by atoms with Gasteiger partial charge in [-0.2, -0.15) is 0 Å². The number of para-hydroxylation sites is 1. The molecule has 5 heteroatoms. The molecule has 54 heavy (non-hydrogen) atoms. The summed E-state index contributed by atoms with van der Waals surface area (Å²) in [5, 5.41) is 11.3. The van der Waals surface area contributed by atoms with Crippen LogP contribution >= 0.6 is 0 Å². The normalized spacial score (nSPS) is 12.0. The SMILES string of the molecule is [C-]#[N+]c1cccc(-n2c(-c3ccccc3O)nc3c(-c4cc(CC(C)C)cc(-c5ccccn5)c4)cc(-c4cc(C(C)(C)C)cc(C(C)(C)C)c4)cc32)c1. The highest BCUT2D eigenvalue weighted by Crippen LogP contribution is 2.43. The first-order valence-electron chi connectivity index (χ1n) is 18.7. The van der Waals surface area contributed by atoms with E-state index in [1.165, 1.54) is 16.7 Å². The minimum atomic E-state index is -0.0638. The van der Waals surface area contributed by atoms with Crippen molar-refractivity contribution in [3.05, 3.63) is 150 Å². The van der Waals surface area contributed by atoms with Crippen LogP contribution in [0.15, 0.2) is 121 Å². The van der Waals surface area contributed by atoms with Gasteiger partial charge in [0.2, 0.25) is 0 Å². The molecule has 0 unspecified atom stereocenters. The summed E-state index contributed by atoms with van der Waals surface area (Å²) in [6.07, 6.45) is 2.76. The largest absolute Gasteiger partial charge is 0.507 e. The van der Waals surface area contributed by atoms with E-state index in [-0.39, 0.29) is 16.6 Å². The molecule has 5 nitrogen and oxygen atoms in total. The predicted octanol–water partition coefficient (Wildman–Crippen LogP) is 13.1. The molecule has 0 aliphatic carbocycles. The number of hydrogen-bond acceptors (Lipinski definition) is 3. The summed E-state index contributed by atoms with van der Waals surface area (Å²) in [6.45, 7) is 25.9. The van der Waals surface area contributed by atoms with Crippen molar-refractivity contribution in [1.82, 2.24) is 14.5 Å². The third-order valence-electron chi connectivity index (χ3n) is 10.0. The molecule has 2 aromatic heterocycles. The zero-order valence-electron chi connectivity index (χ0n) is 32.6. The third-order valence-corrected chi connectivity index (χ3v) is 10.0. The molecule has 0 saturated carbocycles. The summed E-state index contributed by atoms with van der Waals surface area (Å²) < 4.78 is 2.10. The summed E-state index contributed by atoms with van der Waals surface area (Å²) in [6, 6.07) is 39.3. The Labute approximate surface area is 319 Å². The van der Waals surface area contributed by atoms with Crippen LogP contribution in [0.2, 0.25) is 0 Å². The lowest BCUT2D eigenvalue weighted by Crippen LogP contribution is -2.16. The summed E-state index contributed by atoms with van der Waals surface area (Å²) in [5.74, 6) is 1.20. The minimum absolute atomic E-state index is 0.0638. The van der Waals surface area contributed by atoms with Gasteiger partial charge in [-0.15, -0.1) is 0 Å². The number of benzene rings is 5. The smallest absolute Gasteiger partial charge is 0.189 e. The van der Waals surface area contributed by atoms with Gasteiger partial charge in [-0.05, 0) is 117 Å². The Hall–Kier alpha value is -5.99. The monoisotopic (exact) mass is 708 g/mol. The zero-order valence-corrected chi connectivity index (χ0v) is 32.6. The highest BCUT2D eigenvalue weighted by atomic mass is 16.3. The van der Waals surface area contributed by atoms with Crippen LogP contribution in [0.25, 0.3) is 66.5 Å². The lowest BCUT2D eigenvalue weighted by molar-refractivity contribution is 0.477. The van der Waals surface area contributed by atoms with Crippen LogP contribution in [0.4, 0.5) is 5.69 Å². The number of phenolic OH excluding ortho intramolecular Hbond substituents is 1. The maximum absolute atomic E-state index is 11.3. The van der Waals surface area contributed by atoms with Gasteiger partial charge in [-0.3, -0.25) is 9.55 Å². The first-order chi connectivity index (χ1) is 25.7. The van der Waals surface area contributed by atoms with Gasteiger partial charge in [0.15, 0.2) is 5.69 Å². The Morgan fingerprint density at radius 3 is 2.02 bits per heavy atom. The molecule has 7 rings (SSSR count). The van der Waals surface area contributed by atoms with Gasteiger partial charge < -0.3 is 5.11 Å². The molecule has 0 aliphatic rings. The van der Waals surface area contributed by atoms with Gasteiger partial charge in [0.25, 0.3) is 0 Å². The van der Waals surface area contributed by atoms with Crippen molar-refractivity contribution in [3.8, 4) is 56.3 Å². The first kappa shape index (κ1) is 36.4. The lowest BCUT2D eigenvalue weighted by Gasteiger charge is -2.26. The molecule has 1 N–H and O–H groups in total. The average Bonchev–Trinajstić information content (AvgIpc) is 3.53. The van der Waals surface area contributed by atoms with Crippen molar-refractivity contribution in [2.24, 2.45) is 5.92 Å². The van der Waals surface area contributed by atoms with Gasteiger partial charge in [-0.1, -0.05) is 110 Å². The van der Waals surface area contributed by atoms with Crippen LogP contribution in [0.1, 0.15) is 72.1 Å². The molecule has 5 aromatic carbocycles. The highest BCUT2D eigenvalue weighted by molar-refractivity contribution is 6.00. The number of imidazole rings is 1. The van der Waals surface area contributed by atoms with Crippen molar-refractivity contribution in [1.29, 1.82) is 0 Å². The van der Waals surface area contributed by atoms with Gasteiger partial charge in [0.05, 0.1) is 28.9 Å². The van der Waals surface area contributed by atoms with Gasteiger partial charge in [0, 0.05) is 23.0 Å². The van der Waals surface area contributed by atoms with E-state index in [2.05, 4.69) is 119 Å². The van der Waals surface area contributed by atoms with Crippen molar-refractivity contribution in [2.45, 2.75) is 72.6 Å². The molecule has 0 fully saturated rings. The van der Waals surface area contributed by atoms with Crippen LogP contribution < -0.4 is 0 Å².